The van der Waals surface area contributed by atoms with E-state index in [9.17, 15) is 4.79 Å². The lowest BCUT2D eigenvalue weighted by Crippen LogP contribution is -2.30. The van der Waals surface area contributed by atoms with Crippen LogP contribution < -0.4 is 11.3 Å². The number of benzene rings is 1. The number of pyridine rings is 1. The van der Waals surface area contributed by atoms with Gasteiger partial charge in [-0.3, -0.25) is 15.2 Å². The Morgan fingerprint density at radius 1 is 1.17 bits per heavy atom. The number of nitrogens with one attached hydrogen (secondary N) is 1. The predicted molar refractivity (Wildman–Crippen MR) is 69.7 cm³/mol. The van der Waals surface area contributed by atoms with E-state index in [1.807, 2.05) is 18.2 Å². The molecule has 0 saturated heterocycles. The number of aromatic nitrogens is 1. The Morgan fingerprint density at radius 2 is 1.94 bits per heavy atom. The number of carbonyl (C=O) groups excluding carboxylic acids is 1. The number of amides is 1. The minimum Gasteiger partial charge on any atom is -0.290 e. The van der Waals surface area contributed by atoms with Gasteiger partial charge in [-0.1, -0.05) is 30.3 Å². The van der Waals surface area contributed by atoms with Gasteiger partial charge in [0.05, 0.1) is 0 Å². The molecule has 0 bridgehead atoms. The molecule has 92 valence electrons. The van der Waals surface area contributed by atoms with Crippen molar-refractivity contribution in [3.05, 3.63) is 65.5 Å². The number of aryl methyl sites for hydroxylation is 2. The monoisotopic (exact) mass is 241 g/mol. The van der Waals surface area contributed by atoms with E-state index in [1.54, 1.807) is 18.3 Å². The first kappa shape index (κ1) is 12.3. The van der Waals surface area contributed by atoms with Crippen LogP contribution in [0, 0.1) is 0 Å². The van der Waals surface area contributed by atoms with Crippen LogP contribution in [0.3, 0.4) is 0 Å². The highest BCUT2D eigenvalue weighted by molar-refractivity contribution is 5.93. The molecule has 4 nitrogen and oxygen atoms in total. The van der Waals surface area contributed by atoms with E-state index in [1.165, 1.54) is 5.56 Å². The molecule has 0 fully saturated rings. The SMILES string of the molecule is NNC(=O)c1ccnc(CCc2ccccc2)c1. The van der Waals surface area contributed by atoms with E-state index in [0.29, 0.717) is 5.56 Å². The molecule has 1 heterocycles. The molecule has 0 radical (unpaired) electrons. The average Bonchev–Trinajstić information content (AvgIpc) is 2.45. The lowest BCUT2D eigenvalue weighted by Gasteiger charge is -2.04. The fourth-order valence-electron chi connectivity index (χ4n) is 1.76. The third-order valence-corrected chi connectivity index (χ3v) is 2.72. The molecule has 1 aromatic carbocycles. The normalized spacial score (nSPS) is 10.1. The number of carbonyl (C=O) groups is 1. The molecule has 0 spiro atoms. The molecule has 18 heavy (non-hydrogen) atoms. The molecular formula is C14H15N3O. The van der Waals surface area contributed by atoms with Crippen molar-refractivity contribution in [1.29, 1.82) is 0 Å². The highest BCUT2D eigenvalue weighted by Gasteiger charge is 2.04. The van der Waals surface area contributed by atoms with Crippen molar-refractivity contribution >= 4 is 5.91 Å². The van der Waals surface area contributed by atoms with Crippen LogP contribution in [0.1, 0.15) is 21.6 Å². The first-order valence-electron chi connectivity index (χ1n) is 5.79. The molecule has 4 heteroatoms. The topological polar surface area (TPSA) is 68.0 Å². The second kappa shape index (κ2) is 5.93. The molecule has 1 amide bonds. The molecule has 2 aromatic rings. The number of hydrazine groups is 1. The predicted octanol–water partition coefficient (Wildman–Crippen LogP) is 1.47. The van der Waals surface area contributed by atoms with Crippen molar-refractivity contribution in [1.82, 2.24) is 10.4 Å². The summed E-state index contributed by atoms with van der Waals surface area (Å²) in [5, 5.41) is 0. The van der Waals surface area contributed by atoms with Crippen LogP contribution >= 0.6 is 0 Å². The zero-order valence-electron chi connectivity index (χ0n) is 9.97. The molecule has 0 saturated carbocycles. The summed E-state index contributed by atoms with van der Waals surface area (Å²) in [5.41, 5.74) is 4.80. The van der Waals surface area contributed by atoms with Crippen molar-refractivity contribution in [3.8, 4) is 0 Å². The van der Waals surface area contributed by atoms with Crippen molar-refractivity contribution in [2.75, 3.05) is 0 Å². The number of hydrogen-bond donors (Lipinski definition) is 2. The second-order valence-corrected chi connectivity index (χ2v) is 3.99. The van der Waals surface area contributed by atoms with Gasteiger partial charge in [0.2, 0.25) is 0 Å². The lowest BCUT2D eigenvalue weighted by atomic mass is 10.1. The van der Waals surface area contributed by atoms with Gasteiger partial charge in [-0.2, -0.15) is 0 Å². The van der Waals surface area contributed by atoms with E-state index in [2.05, 4.69) is 22.5 Å². The Kier molecular flexibility index (Phi) is 4.04. The van der Waals surface area contributed by atoms with Gasteiger partial charge >= 0.3 is 0 Å². The van der Waals surface area contributed by atoms with Gasteiger partial charge in [-0.05, 0) is 30.5 Å². The zero-order valence-corrected chi connectivity index (χ0v) is 9.97. The van der Waals surface area contributed by atoms with Gasteiger partial charge in [0.15, 0.2) is 0 Å². The lowest BCUT2D eigenvalue weighted by molar-refractivity contribution is 0.0953. The first-order valence-corrected chi connectivity index (χ1v) is 5.79. The summed E-state index contributed by atoms with van der Waals surface area (Å²) < 4.78 is 0. The summed E-state index contributed by atoms with van der Waals surface area (Å²) in [6, 6.07) is 13.6. The number of rotatable bonds is 4. The number of hydrogen-bond acceptors (Lipinski definition) is 3. The number of nitrogen functional groups attached to an aromatic ring is 1. The third-order valence-electron chi connectivity index (χ3n) is 2.72. The van der Waals surface area contributed by atoms with Crippen LogP contribution in [0.5, 0.6) is 0 Å². The van der Waals surface area contributed by atoms with Gasteiger partial charge in [0, 0.05) is 17.5 Å². The van der Waals surface area contributed by atoms with E-state index >= 15 is 0 Å². The van der Waals surface area contributed by atoms with Gasteiger partial charge in [0.1, 0.15) is 0 Å². The highest BCUT2D eigenvalue weighted by Crippen LogP contribution is 2.07. The van der Waals surface area contributed by atoms with Gasteiger partial charge < -0.3 is 0 Å². The Labute approximate surface area is 106 Å². The smallest absolute Gasteiger partial charge is 0.265 e. The Hall–Kier alpha value is -2.20. The van der Waals surface area contributed by atoms with Crippen LogP contribution in [0.2, 0.25) is 0 Å². The minimum absolute atomic E-state index is 0.293. The van der Waals surface area contributed by atoms with Crippen molar-refractivity contribution < 1.29 is 4.79 Å². The van der Waals surface area contributed by atoms with E-state index < -0.39 is 0 Å². The van der Waals surface area contributed by atoms with Crippen LogP contribution in [-0.2, 0) is 12.8 Å². The molecule has 0 aliphatic rings. The van der Waals surface area contributed by atoms with Crippen LogP contribution in [-0.4, -0.2) is 10.9 Å². The van der Waals surface area contributed by atoms with Crippen molar-refractivity contribution in [3.63, 3.8) is 0 Å². The fourth-order valence-corrected chi connectivity index (χ4v) is 1.76. The van der Waals surface area contributed by atoms with Gasteiger partial charge in [-0.25, -0.2) is 5.84 Å². The maximum Gasteiger partial charge on any atom is 0.265 e. The summed E-state index contributed by atoms with van der Waals surface area (Å²) >= 11 is 0. The Bertz CT molecular complexity index is 526. The number of nitrogens with zero attached hydrogens (tertiary/aromatic N) is 1. The summed E-state index contributed by atoms with van der Waals surface area (Å²) in [6.45, 7) is 0. The summed E-state index contributed by atoms with van der Waals surface area (Å²) in [5.74, 6) is 4.81. The molecular weight excluding hydrogens is 226 g/mol. The largest absolute Gasteiger partial charge is 0.290 e. The third kappa shape index (κ3) is 3.15. The van der Waals surface area contributed by atoms with Crippen LogP contribution in [0.4, 0.5) is 0 Å². The minimum atomic E-state index is -0.293. The Morgan fingerprint density at radius 3 is 2.67 bits per heavy atom. The van der Waals surface area contributed by atoms with Crippen LogP contribution in [0.25, 0.3) is 0 Å². The maximum absolute atomic E-state index is 11.4. The average molecular weight is 241 g/mol. The summed E-state index contributed by atoms with van der Waals surface area (Å²) in [4.78, 5) is 15.6. The number of nitrogens with two attached hydrogens (primary N) is 1. The van der Waals surface area contributed by atoms with E-state index in [4.69, 9.17) is 5.84 Å². The van der Waals surface area contributed by atoms with Gasteiger partial charge in [0.25, 0.3) is 5.91 Å². The zero-order chi connectivity index (χ0) is 12.8. The van der Waals surface area contributed by atoms with Crippen molar-refractivity contribution in [2.24, 2.45) is 5.84 Å². The van der Waals surface area contributed by atoms with Crippen molar-refractivity contribution in [2.45, 2.75) is 12.8 Å². The van der Waals surface area contributed by atoms with Gasteiger partial charge in [-0.15, -0.1) is 0 Å². The molecule has 0 atom stereocenters. The summed E-state index contributed by atoms with van der Waals surface area (Å²) in [6.07, 6.45) is 3.34. The molecule has 2 rings (SSSR count). The molecule has 0 aliphatic carbocycles. The molecule has 1 aromatic heterocycles. The molecule has 3 N–H and O–H groups in total. The van der Waals surface area contributed by atoms with E-state index in [0.717, 1.165) is 18.5 Å². The standard InChI is InChI=1S/C14H15N3O/c15-17-14(18)12-8-9-16-13(10-12)7-6-11-4-2-1-3-5-11/h1-5,8-10H,6-7,15H2,(H,17,18). The Balaban J connectivity index is 2.04. The maximum atomic E-state index is 11.4. The summed E-state index contributed by atoms with van der Waals surface area (Å²) in [7, 11) is 0. The molecule has 0 unspecified atom stereocenters. The quantitative estimate of drug-likeness (QED) is 0.484. The van der Waals surface area contributed by atoms with E-state index in [-0.39, 0.29) is 5.91 Å². The van der Waals surface area contributed by atoms with Crippen LogP contribution in [0.15, 0.2) is 48.7 Å². The second-order valence-electron chi connectivity index (χ2n) is 3.99. The first-order chi connectivity index (χ1) is 8.79. The highest BCUT2D eigenvalue weighted by atomic mass is 16.2. The molecule has 0 aliphatic heterocycles. The fraction of sp³-hybridized carbons (Fsp3) is 0.143.